The first-order valence-electron chi connectivity index (χ1n) is 9.72. The molecule has 0 aromatic heterocycles. The van der Waals surface area contributed by atoms with E-state index in [4.69, 9.17) is 9.47 Å². The second-order valence-electron chi connectivity index (χ2n) is 7.65. The number of hydrogen-bond acceptors (Lipinski definition) is 5. The lowest BCUT2D eigenvalue weighted by atomic mass is 9.82. The van der Waals surface area contributed by atoms with Crippen molar-refractivity contribution >= 4 is 36.4 Å². The van der Waals surface area contributed by atoms with Crippen molar-refractivity contribution in [3.63, 3.8) is 0 Å². The standard InChI is InChI=1S/C20H29N3O3.2ClH/c1-25-18-4-2-3-16(13-18)23-11-10-22(15-19(23)24)17-5-12-26-20(14-17)6-8-21-9-7-20;;/h2-4,13,17,21H,5-12,14-15H2,1H3;2*1H. The number of carbonyl (C=O) groups is 1. The molecule has 1 aromatic carbocycles. The average Bonchev–Trinajstić information content (AvgIpc) is 2.68. The Hall–Kier alpha value is -1.05. The summed E-state index contributed by atoms with van der Waals surface area (Å²) in [5.74, 6) is 0.963. The molecule has 4 rings (SSSR count). The summed E-state index contributed by atoms with van der Waals surface area (Å²) in [6.07, 6.45) is 4.26. The molecule has 8 heteroatoms. The molecule has 3 fully saturated rings. The van der Waals surface area contributed by atoms with Crippen LogP contribution in [0.5, 0.6) is 5.75 Å². The molecule has 3 saturated heterocycles. The molecule has 3 aliphatic rings. The number of methoxy groups -OCH3 is 1. The maximum atomic E-state index is 12.8. The number of amides is 1. The number of piperidine rings is 1. The molecule has 0 saturated carbocycles. The van der Waals surface area contributed by atoms with Crippen LogP contribution in [0, 0.1) is 0 Å². The highest BCUT2D eigenvalue weighted by atomic mass is 35.5. The van der Waals surface area contributed by atoms with E-state index in [1.165, 1.54) is 0 Å². The van der Waals surface area contributed by atoms with Crippen LogP contribution in [0.25, 0.3) is 0 Å². The van der Waals surface area contributed by atoms with Crippen LogP contribution in [0.4, 0.5) is 5.69 Å². The number of ether oxygens (including phenoxy) is 2. The molecule has 0 aliphatic carbocycles. The van der Waals surface area contributed by atoms with Crippen molar-refractivity contribution < 1.29 is 14.3 Å². The lowest BCUT2D eigenvalue weighted by molar-refractivity contribution is -0.133. The Morgan fingerprint density at radius 1 is 1.21 bits per heavy atom. The quantitative estimate of drug-likeness (QED) is 0.796. The van der Waals surface area contributed by atoms with Crippen molar-refractivity contribution in [3.8, 4) is 5.75 Å². The third-order valence-electron chi connectivity index (χ3n) is 6.11. The Kier molecular flexibility index (Phi) is 8.40. The fraction of sp³-hybridized carbons (Fsp3) is 0.650. The van der Waals surface area contributed by atoms with E-state index in [9.17, 15) is 4.79 Å². The summed E-state index contributed by atoms with van der Waals surface area (Å²) in [5.41, 5.74) is 0.956. The smallest absolute Gasteiger partial charge is 0.241 e. The van der Waals surface area contributed by atoms with Gasteiger partial charge in [-0.05, 0) is 50.9 Å². The zero-order valence-corrected chi connectivity index (χ0v) is 18.0. The van der Waals surface area contributed by atoms with E-state index in [2.05, 4.69) is 10.2 Å². The minimum Gasteiger partial charge on any atom is -0.497 e. The Morgan fingerprint density at radius 2 is 2.00 bits per heavy atom. The lowest BCUT2D eigenvalue weighted by Gasteiger charge is -2.48. The van der Waals surface area contributed by atoms with E-state index >= 15 is 0 Å². The second kappa shape index (κ2) is 10.1. The van der Waals surface area contributed by atoms with Crippen molar-refractivity contribution in [3.05, 3.63) is 24.3 Å². The van der Waals surface area contributed by atoms with Gasteiger partial charge in [0.15, 0.2) is 0 Å². The summed E-state index contributed by atoms with van der Waals surface area (Å²) in [6.45, 7) is 5.04. The van der Waals surface area contributed by atoms with Crippen LogP contribution in [0.2, 0.25) is 0 Å². The van der Waals surface area contributed by atoms with Crippen molar-refractivity contribution in [1.29, 1.82) is 0 Å². The number of nitrogens with one attached hydrogen (secondary N) is 1. The van der Waals surface area contributed by atoms with E-state index in [0.717, 1.165) is 69.9 Å². The van der Waals surface area contributed by atoms with Gasteiger partial charge in [0, 0.05) is 37.5 Å². The van der Waals surface area contributed by atoms with Gasteiger partial charge >= 0.3 is 0 Å². The average molecular weight is 432 g/mol. The predicted molar refractivity (Wildman–Crippen MR) is 115 cm³/mol. The number of halogens is 2. The molecular weight excluding hydrogens is 401 g/mol. The number of anilines is 1. The number of benzene rings is 1. The number of carbonyl (C=O) groups excluding carboxylic acids is 1. The van der Waals surface area contributed by atoms with Crippen LogP contribution < -0.4 is 15.0 Å². The van der Waals surface area contributed by atoms with Crippen LogP contribution in [0.15, 0.2) is 24.3 Å². The molecule has 6 nitrogen and oxygen atoms in total. The van der Waals surface area contributed by atoms with Crippen LogP contribution in [-0.4, -0.2) is 68.9 Å². The minimum atomic E-state index is 0. The van der Waals surface area contributed by atoms with E-state index in [1.807, 2.05) is 29.2 Å². The fourth-order valence-corrected chi connectivity index (χ4v) is 4.60. The van der Waals surface area contributed by atoms with E-state index in [-0.39, 0.29) is 36.3 Å². The van der Waals surface area contributed by atoms with Gasteiger partial charge in [-0.2, -0.15) is 0 Å². The highest BCUT2D eigenvalue weighted by molar-refractivity contribution is 5.95. The van der Waals surface area contributed by atoms with Gasteiger partial charge in [0.2, 0.25) is 5.91 Å². The number of piperazine rings is 1. The molecule has 1 N–H and O–H groups in total. The molecule has 0 bridgehead atoms. The van der Waals surface area contributed by atoms with Crippen LogP contribution in [0.1, 0.15) is 25.7 Å². The topological polar surface area (TPSA) is 54.0 Å². The number of rotatable bonds is 3. The number of nitrogens with zero attached hydrogens (tertiary/aromatic N) is 2. The first-order valence-corrected chi connectivity index (χ1v) is 9.72. The zero-order valence-electron chi connectivity index (χ0n) is 16.4. The molecule has 1 amide bonds. The summed E-state index contributed by atoms with van der Waals surface area (Å²) >= 11 is 0. The van der Waals surface area contributed by atoms with Gasteiger partial charge in [-0.25, -0.2) is 0 Å². The SMILES string of the molecule is COc1cccc(N2CCN(C3CCOC4(CCNCC4)C3)CC2=O)c1.Cl.Cl. The monoisotopic (exact) mass is 431 g/mol. The molecule has 0 radical (unpaired) electrons. The van der Waals surface area contributed by atoms with Crippen LogP contribution in [-0.2, 0) is 9.53 Å². The third-order valence-corrected chi connectivity index (χ3v) is 6.11. The molecule has 1 spiro atoms. The van der Waals surface area contributed by atoms with Gasteiger partial charge in [0.05, 0.1) is 19.3 Å². The summed E-state index contributed by atoms with van der Waals surface area (Å²) < 4.78 is 11.5. The van der Waals surface area contributed by atoms with Gasteiger partial charge in [0.1, 0.15) is 5.75 Å². The summed E-state index contributed by atoms with van der Waals surface area (Å²) in [7, 11) is 1.65. The Labute approximate surface area is 179 Å². The molecule has 158 valence electrons. The lowest BCUT2D eigenvalue weighted by Crippen LogP contribution is -2.58. The van der Waals surface area contributed by atoms with Crippen LogP contribution in [0.3, 0.4) is 0 Å². The summed E-state index contributed by atoms with van der Waals surface area (Å²) in [5, 5.41) is 3.43. The zero-order chi connectivity index (χ0) is 18.0. The van der Waals surface area contributed by atoms with Crippen molar-refractivity contribution in [2.75, 3.05) is 51.3 Å². The molecular formula is C20H31Cl2N3O3. The molecule has 3 aliphatic heterocycles. The van der Waals surface area contributed by atoms with Crippen molar-refractivity contribution in [2.45, 2.75) is 37.3 Å². The Balaban J connectivity index is 0.00000140. The minimum absolute atomic E-state index is 0. The van der Waals surface area contributed by atoms with Crippen molar-refractivity contribution in [2.24, 2.45) is 0 Å². The highest BCUT2D eigenvalue weighted by Gasteiger charge is 2.41. The van der Waals surface area contributed by atoms with Gasteiger partial charge in [0.25, 0.3) is 0 Å². The molecule has 1 unspecified atom stereocenters. The van der Waals surface area contributed by atoms with Gasteiger partial charge in [-0.15, -0.1) is 24.8 Å². The fourth-order valence-electron chi connectivity index (χ4n) is 4.60. The van der Waals surface area contributed by atoms with Gasteiger partial charge < -0.3 is 19.7 Å². The normalized spacial score (nSPS) is 25.0. The summed E-state index contributed by atoms with van der Waals surface area (Å²) in [4.78, 5) is 17.1. The Bertz CT molecular complexity index is 650. The van der Waals surface area contributed by atoms with E-state index < -0.39 is 0 Å². The van der Waals surface area contributed by atoms with Crippen LogP contribution >= 0.6 is 24.8 Å². The first kappa shape index (κ1) is 23.2. The highest BCUT2D eigenvalue weighted by Crippen LogP contribution is 2.35. The molecule has 28 heavy (non-hydrogen) atoms. The van der Waals surface area contributed by atoms with Crippen molar-refractivity contribution in [1.82, 2.24) is 10.2 Å². The molecule has 3 heterocycles. The summed E-state index contributed by atoms with van der Waals surface area (Å²) in [6, 6.07) is 8.22. The number of hydrogen-bond donors (Lipinski definition) is 1. The van der Waals surface area contributed by atoms with E-state index in [0.29, 0.717) is 12.6 Å². The molecule has 1 atom stereocenters. The third kappa shape index (κ3) is 4.92. The predicted octanol–water partition coefficient (Wildman–Crippen LogP) is 2.49. The first-order chi connectivity index (χ1) is 12.7. The van der Waals surface area contributed by atoms with Gasteiger partial charge in [-0.3, -0.25) is 9.69 Å². The van der Waals surface area contributed by atoms with E-state index in [1.54, 1.807) is 7.11 Å². The maximum absolute atomic E-state index is 12.8. The second-order valence-corrected chi connectivity index (χ2v) is 7.65. The largest absolute Gasteiger partial charge is 0.497 e. The maximum Gasteiger partial charge on any atom is 0.241 e. The van der Waals surface area contributed by atoms with Gasteiger partial charge in [-0.1, -0.05) is 6.07 Å². The molecule has 1 aromatic rings. The Morgan fingerprint density at radius 3 is 2.71 bits per heavy atom.